The van der Waals surface area contributed by atoms with Gasteiger partial charge in [-0.1, -0.05) is 0 Å². The topological polar surface area (TPSA) is 78.9 Å². The van der Waals surface area contributed by atoms with Gasteiger partial charge in [0.1, 0.15) is 5.82 Å². The zero-order chi connectivity index (χ0) is 10.1. The zero-order valence-corrected chi connectivity index (χ0v) is 8.13. The van der Waals surface area contributed by atoms with Gasteiger partial charge in [-0.15, -0.1) is 0 Å². The predicted molar refractivity (Wildman–Crippen MR) is 51.4 cm³/mol. The number of hydrogen-bond donors (Lipinski definition) is 2. The molecule has 0 radical (unpaired) electrons. The van der Waals surface area contributed by atoms with Gasteiger partial charge >= 0.3 is 5.97 Å². The van der Waals surface area contributed by atoms with Gasteiger partial charge in [-0.05, 0) is 6.92 Å². The van der Waals surface area contributed by atoms with Crippen LogP contribution in [0.3, 0.4) is 0 Å². The van der Waals surface area contributed by atoms with Crippen molar-refractivity contribution in [1.29, 1.82) is 0 Å². The van der Waals surface area contributed by atoms with Crippen molar-refractivity contribution in [3.8, 4) is 11.4 Å². The summed E-state index contributed by atoms with van der Waals surface area (Å²) in [6, 6.07) is 0. The Hall–Kier alpha value is -1.69. The molecule has 0 fully saturated rings. The Morgan fingerprint density at radius 2 is 2.36 bits per heavy atom. The summed E-state index contributed by atoms with van der Waals surface area (Å²) >= 11 is 1.32. The highest BCUT2D eigenvalue weighted by atomic mass is 32.1. The van der Waals surface area contributed by atoms with Crippen molar-refractivity contribution >= 4 is 17.3 Å². The van der Waals surface area contributed by atoms with E-state index in [0.29, 0.717) is 17.2 Å². The molecule has 0 aliphatic heterocycles. The van der Waals surface area contributed by atoms with Crippen LogP contribution >= 0.6 is 11.3 Å². The fraction of sp³-hybridized carbons (Fsp3) is 0.125. The van der Waals surface area contributed by atoms with Crippen molar-refractivity contribution in [2.75, 3.05) is 0 Å². The minimum Gasteiger partial charge on any atom is -0.478 e. The second-order valence-corrected chi connectivity index (χ2v) is 3.49. The number of aromatic nitrogens is 3. The average Bonchev–Trinajstić information content (AvgIpc) is 2.70. The summed E-state index contributed by atoms with van der Waals surface area (Å²) in [7, 11) is 0. The minimum absolute atomic E-state index is 0.244. The molecule has 0 aliphatic carbocycles. The highest BCUT2D eigenvalue weighted by Gasteiger charge is 2.15. The van der Waals surface area contributed by atoms with Crippen molar-refractivity contribution in [1.82, 2.24) is 15.2 Å². The molecule has 0 spiro atoms. The van der Waals surface area contributed by atoms with E-state index >= 15 is 0 Å². The van der Waals surface area contributed by atoms with Crippen LogP contribution in [0.4, 0.5) is 0 Å². The van der Waals surface area contributed by atoms with E-state index in [-0.39, 0.29) is 5.56 Å². The Labute approximate surface area is 83.4 Å². The van der Waals surface area contributed by atoms with Gasteiger partial charge in [0.15, 0.2) is 5.82 Å². The summed E-state index contributed by atoms with van der Waals surface area (Å²) in [4.78, 5) is 14.9. The first-order chi connectivity index (χ1) is 6.68. The molecular formula is C8H7N3O2S. The van der Waals surface area contributed by atoms with Crippen molar-refractivity contribution in [2.24, 2.45) is 0 Å². The summed E-state index contributed by atoms with van der Waals surface area (Å²) in [5.41, 5.74) is 0.806. The highest BCUT2D eigenvalue weighted by Crippen LogP contribution is 2.24. The van der Waals surface area contributed by atoms with Crippen molar-refractivity contribution in [3.63, 3.8) is 0 Å². The predicted octanol–water partition coefficient (Wildman–Crippen LogP) is 1.54. The van der Waals surface area contributed by atoms with E-state index in [1.165, 1.54) is 11.3 Å². The smallest absolute Gasteiger partial charge is 0.337 e. The molecule has 0 bridgehead atoms. The molecule has 0 unspecified atom stereocenters. The second kappa shape index (κ2) is 3.22. The van der Waals surface area contributed by atoms with E-state index in [9.17, 15) is 4.79 Å². The van der Waals surface area contributed by atoms with Crippen LogP contribution < -0.4 is 0 Å². The third-order valence-electron chi connectivity index (χ3n) is 1.73. The molecule has 0 saturated carbocycles. The first-order valence-electron chi connectivity index (χ1n) is 3.87. The number of thiophene rings is 1. The largest absolute Gasteiger partial charge is 0.478 e. The van der Waals surface area contributed by atoms with Gasteiger partial charge in [0, 0.05) is 16.3 Å². The number of nitrogens with zero attached hydrogens (tertiary/aromatic N) is 2. The van der Waals surface area contributed by atoms with Gasteiger partial charge in [-0.25, -0.2) is 9.78 Å². The van der Waals surface area contributed by atoms with Crippen LogP contribution in [-0.4, -0.2) is 26.3 Å². The number of carbonyl (C=O) groups is 1. The van der Waals surface area contributed by atoms with Gasteiger partial charge in [-0.2, -0.15) is 16.4 Å². The number of hydrogen-bond acceptors (Lipinski definition) is 4. The van der Waals surface area contributed by atoms with Crippen molar-refractivity contribution in [3.05, 3.63) is 22.1 Å². The maximum absolute atomic E-state index is 10.8. The lowest BCUT2D eigenvalue weighted by Crippen LogP contribution is -1.96. The second-order valence-electron chi connectivity index (χ2n) is 2.75. The molecule has 5 nitrogen and oxygen atoms in total. The summed E-state index contributed by atoms with van der Waals surface area (Å²) < 4.78 is 0. The van der Waals surface area contributed by atoms with E-state index in [2.05, 4.69) is 15.2 Å². The first kappa shape index (κ1) is 8.89. The van der Waals surface area contributed by atoms with Crippen LogP contribution in [0.2, 0.25) is 0 Å². The maximum atomic E-state index is 10.8. The molecule has 0 atom stereocenters. The van der Waals surface area contributed by atoms with Gasteiger partial charge in [0.2, 0.25) is 0 Å². The Balaban J connectivity index is 2.51. The monoisotopic (exact) mass is 209 g/mol. The summed E-state index contributed by atoms with van der Waals surface area (Å²) in [6.45, 7) is 1.77. The lowest BCUT2D eigenvalue weighted by molar-refractivity contribution is 0.0698. The van der Waals surface area contributed by atoms with Crippen molar-refractivity contribution in [2.45, 2.75) is 6.92 Å². The van der Waals surface area contributed by atoms with Gasteiger partial charge in [-0.3, -0.25) is 5.10 Å². The molecule has 2 heterocycles. The molecule has 0 aromatic carbocycles. The summed E-state index contributed by atoms with van der Waals surface area (Å²) in [5, 5.41) is 18.7. The van der Waals surface area contributed by atoms with Gasteiger partial charge < -0.3 is 5.11 Å². The number of aryl methyl sites for hydroxylation is 1. The van der Waals surface area contributed by atoms with E-state index in [1.807, 2.05) is 0 Å². The molecule has 0 amide bonds. The van der Waals surface area contributed by atoms with Gasteiger partial charge in [0.25, 0.3) is 0 Å². The number of aromatic amines is 1. The lowest BCUT2D eigenvalue weighted by Gasteiger charge is -1.92. The molecule has 14 heavy (non-hydrogen) atoms. The molecule has 2 N–H and O–H groups in total. The fourth-order valence-corrected chi connectivity index (χ4v) is 1.90. The third-order valence-corrected chi connectivity index (χ3v) is 2.47. The molecule has 6 heteroatoms. The SMILES string of the molecule is Cc1nc(-c2cscc2C(=O)O)n[nH]1. The fourth-order valence-electron chi connectivity index (χ4n) is 1.10. The highest BCUT2D eigenvalue weighted by molar-refractivity contribution is 7.08. The molecule has 2 aromatic rings. The van der Waals surface area contributed by atoms with Crippen LogP contribution in [0.1, 0.15) is 16.2 Å². The standard InChI is InChI=1S/C8H7N3O2S/c1-4-9-7(11-10-4)5-2-14-3-6(5)8(12)13/h2-3H,1H3,(H,12,13)(H,9,10,11). The lowest BCUT2D eigenvalue weighted by atomic mass is 10.2. The third kappa shape index (κ3) is 1.39. The number of nitrogens with one attached hydrogen (secondary N) is 1. The number of carboxylic acids is 1. The molecule has 72 valence electrons. The van der Waals surface area contributed by atoms with Gasteiger partial charge in [0.05, 0.1) is 5.56 Å². The van der Waals surface area contributed by atoms with Crippen LogP contribution in [0.15, 0.2) is 10.8 Å². The molecule has 0 aliphatic rings. The Kier molecular flexibility index (Phi) is 2.05. The first-order valence-corrected chi connectivity index (χ1v) is 4.81. The van der Waals surface area contributed by atoms with Crippen molar-refractivity contribution < 1.29 is 9.90 Å². The molecular weight excluding hydrogens is 202 g/mol. The maximum Gasteiger partial charge on any atom is 0.337 e. The number of H-pyrrole nitrogens is 1. The Morgan fingerprint density at radius 1 is 1.57 bits per heavy atom. The molecule has 2 aromatic heterocycles. The summed E-state index contributed by atoms with van der Waals surface area (Å²) in [6.07, 6.45) is 0. The number of carboxylic acid groups (broad SMARTS) is 1. The Morgan fingerprint density at radius 3 is 2.93 bits per heavy atom. The van der Waals surface area contributed by atoms with E-state index in [1.54, 1.807) is 17.7 Å². The van der Waals surface area contributed by atoms with E-state index in [0.717, 1.165) is 0 Å². The van der Waals surface area contributed by atoms with Crippen LogP contribution in [0.25, 0.3) is 11.4 Å². The van der Waals surface area contributed by atoms with Crippen LogP contribution in [0, 0.1) is 6.92 Å². The zero-order valence-electron chi connectivity index (χ0n) is 7.31. The Bertz CT molecular complexity index is 474. The van der Waals surface area contributed by atoms with Crippen LogP contribution in [-0.2, 0) is 0 Å². The van der Waals surface area contributed by atoms with E-state index in [4.69, 9.17) is 5.11 Å². The molecule has 2 rings (SSSR count). The van der Waals surface area contributed by atoms with Crippen LogP contribution in [0.5, 0.6) is 0 Å². The summed E-state index contributed by atoms with van der Waals surface area (Å²) in [5.74, 6) is 0.146. The minimum atomic E-state index is -0.955. The van der Waals surface area contributed by atoms with E-state index < -0.39 is 5.97 Å². The normalized spacial score (nSPS) is 10.4. The molecule has 0 saturated heterocycles. The quantitative estimate of drug-likeness (QED) is 0.786. The average molecular weight is 209 g/mol. The number of rotatable bonds is 2. The number of aromatic carboxylic acids is 1.